The number of hydrogen-bond acceptors (Lipinski definition) is 2. The Hall–Kier alpha value is -1.35. The van der Waals surface area contributed by atoms with Crippen LogP contribution in [0.2, 0.25) is 0 Å². The summed E-state index contributed by atoms with van der Waals surface area (Å²) >= 11 is 0. The zero-order valence-electron chi connectivity index (χ0n) is 31.3. The van der Waals surface area contributed by atoms with E-state index in [-0.39, 0.29) is 0 Å². The van der Waals surface area contributed by atoms with E-state index in [1.165, 1.54) is 219 Å². The molecule has 0 amide bonds. The summed E-state index contributed by atoms with van der Waals surface area (Å²) in [5.41, 5.74) is 0.331. The van der Waals surface area contributed by atoms with Crippen LogP contribution in [0.1, 0.15) is 230 Å². The number of aromatic carboxylic acids is 1. The number of carboxylic acids is 1. The highest BCUT2D eigenvalue weighted by Gasteiger charge is 1.98. The van der Waals surface area contributed by atoms with Gasteiger partial charge in [-0.3, -0.25) is 0 Å². The Morgan fingerprint density at radius 1 is 0.413 bits per heavy atom. The molecule has 270 valence electrons. The topological polar surface area (TPSA) is 49.3 Å². The van der Waals surface area contributed by atoms with Gasteiger partial charge >= 0.3 is 5.97 Å². The molecular weight excluding hydrogens is 562 g/mol. The van der Waals surface area contributed by atoms with Crippen LogP contribution in [-0.2, 0) is 0 Å². The second-order valence-electron chi connectivity index (χ2n) is 14.0. The van der Waals surface area contributed by atoms with E-state index in [2.05, 4.69) is 19.2 Å². The first-order valence-corrected chi connectivity index (χ1v) is 20.7. The van der Waals surface area contributed by atoms with Gasteiger partial charge in [0, 0.05) is 0 Å². The van der Waals surface area contributed by atoms with Crippen molar-refractivity contribution in [2.45, 2.75) is 219 Å². The summed E-state index contributed by atoms with van der Waals surface area (Å²) in [4.78, 5) is 10.2. The molecule has 0 bridgehead atoms. The van der Waals surface area contributed by atoms with Crippen molar-refractivity contribution in [3.8, 4) is 0 Å². The summed E-state index contributed by atoms with van der Waals surface area (Å²) in [7, 11) is 0. The van der Waals surface area contributed by atoms with Crippen molar-refractivity contribution in [2.24, 2.45) is 0 Å². The molecule has 0 saturated heterocycles. The van der Waals surface area contributed by atoms with Crippen molar-refractivity contribution in [2.75, 3.05) is 13.1 Å². The van der Waals surface area contributed by atoms with E-state index in [0.29, 0.717) is 5.56 Å². The van der Waals surface area contributed by atoms with Gasteiger partial charge in [-0.1, -0.05) is 225 Å². The van der Waals surface area contributed by atoms with E-state index in [1.807, 2.05) is 0 Å². The number of benzene rings is 1. The molecule has 1 rings (SSSR count). The molecule has 0 saturated carbocycles. The van der Waals surface area contributed by atoms with Crippen LogP contribution < -0.4 is 5.32 Å². The summed E-state index contributed by atoms with van der Waals surface area (Å²) in [5, 5.41) is 12.1. The summed E-state index contributed by atoms with van der Waals surface area (Å²) in [6.45, 7) is 7.11. The minimum Gasteiger partial charge on any atom is -0.478 e. The molecule has 1 aromatic rings. The number of carboxylic acid groups (broad SMARTS) is 1. The summed E-state index contributed by atoms with van der Waals surface area (Å²) < 4.78 is 0. The van der Waals surface area contributed by atoms with Gasteiger partial charge < -0.3 is 10.4 Å². The van der Waals surface area contributed by atoms with E-state index >= 15 is 0 Å². The van der Waals surface area contributed by atoms with E-state index in [4.69, 9.17) is 5.11 Å². The van der Waals surface area contributed by atoms with Crippen molar-refractivity contribution in [3.05, 3.63) is 35.9 Å². The van der Waals surface area contributed by atoms with Crippen LogP contribution in [0.25, 0.3) is 0 Å². The SMILES string of the molecule is CCCCCCCCCCCCCCCCCCNCCCCCCCCCCCCCCCCCC.O=C(O)c1ccccc1. The van der Waals surface area contributed by atoms with Crippen LogP contribution in [0.15, 0.2) is 30.3 Å². The Morgan fingerprint density at radius 3 is 0.870 bits per heavy atom. The average Bonchev–Trinajstić information content (AvgIpc) is 3.07. The Kier molecular flexibility index (Phi) is 38.7. The zero-order chi connectivity index (χ0) is 33.4. The van der Waals surface area contributed by atoms with Gasteiger partial charge in [-0.05, 0) is 38.1 Å². The maximum atomic E-state index is 10.2. The number of carbonyl (C=O) groups is 1. The molecule has 0 heterocycles. The van der Waals surface area contributed by atoms with Crippen LogP contribution in [0, 0.1) is 0 Å². The quantitative estimate of drug-likeness (QED) is 0.0724. The maximum Gasteiger partial charge on any atom is 0.335 e. The zero-order valence-corrected chi connectivity index (χ0v) is 31.3. The number of nitrogens with one attached hydrogen (secondary N) is 1. The molecule has 0 spiro atoms. The van der Waals surface area contributed by atoms with E-state index in [9.17, 15) is 4.79 Å². The van der Waals surface area contributed by atoms with E-state index < -0.39 is 5.97 Å². The summed E-state index contributed by atoms with van der Waals surface area (Å²) in [6.07, 6.45) is 46.7. The van der Waals surface area contributed by atoms with Crippen molar-refractivity contribution >= 4 is 5.97 Å². The third-order valence-electron chi connectivity index (χ3n) is 9.43. The minimum absolute atomic E-state index is 0.331. The van der Waals surface area contributed by atoms with Crippen LogP contribution >= 0.6 is 0 Å². The molecule has 46 heavy (non-hydrogen) atoms. The molecule has 3 nitrogen and oxygen atoms in total. The van der Waals surface area contributed by atoms with Crippen molar-refractivity contribution < 1.29 is 9.90 Å². The summed E-state index contributed by atoms with van der Waals surface area (Å²) in [5.74, 6) is -0.879. The molecule has 0 unspecified atom stereocenters. The first-order valence-electron chi connectivity index (χ1n) is 20.7. The van der Waals surface area contributed by atoms with Crippen LogP contribution in [0.5, 0.6) is 0 Å². The molecule has 0 aliphatic carbocycles. The van der Waals surface area contributed by atoms with Crippen molar-refractivity contribution in [1.82, 2.24) is 5.32 Å². The molecule has 0 radical (unpaired) electrons. The Balaban J connectivity index is 0.00000191. The minimum atomic E-state index is -0.879. The second-order valence-corrected chi connectivity index (χ2v) is 14.0. The Labute approximate surface area is 288 Å². The molecule has 0 atom stereocenters. The number of rotatable bonds is 35. The fraction of sp³-hybridized carbons (Fsp3) is 0.837. The Morgan fingerprint density at radius 2 is 0.652 bits per heavy atom. The molecule has 0 aromatic heterocycles. The molecule has 0 aliphatic rings. The highest BCUT2D eigenvalue weighted by molar-refractivity contribution is 5.87. The standard InChI is InChI=1S/C36H75N.C7H6O2/c1-3-5-7-9-11-13-15-17-19-21-23-25-27-29-31-33-35-37-36-34-32-30-28-26-24-22-20-18-16-14-12-10-8-6-4-2;8-7(9)6-4-2-1-3-5-6/h37H,3-36H2,1-2H3;1-5H,(H,8,9). The molecule has 0 aliphatic heterocycles. The van der Waals surface area contributed by atoms with Crippen molar-refractivity contribution in [1.29, 1.82) is 0 Å². The molecule has 0 fully saturated rings. The predicted octanol–water partition coefficient (Wildman–Crippen LogP) is 14.5. The molecule has 3 heteroatoms. The van der Waals surface area contributed by atoms with Gasteiger partial charge in [0.05, 0.1) is 5.56 Å². The predicted molar refractivity (Wildman–Crippen MR) is 205 cm³/mol. The van der Waals surface area contributed by atoms with Gasteiger partial charge in [0.25, 0.3) is 0 Å². The normalized spacial score (nSPS) is 11.0. The first kappa shape index (κ1) is 44.6. The van der Waals surface area contributed by atoms with Gasteiger partial charge in [0.2, 0.25) is 0 Å². The third kappa shape index (κ3) is 37.1. The second kappa shape index (κ2) is 39.8. The van der Waals surface area contributed by atoms with Gasteiger partial charge in [0.15, 0.2) is 0 Å². The summed E-state index contributed by atoms with van der Waals surface area (Å²) in [6, 6.07) is 8.30. The van der Waals surface area contributed by atoms with E-state index in [0.717, 1.165) is 0 Å². The van der Waals surface area contributed by atoms with Gasteiger partial charge in [-0.25, -0.2) is 4.79 Å². The third-order valence-corrected chi connectivity index (χ3v) is 9.43. The lowest BCUT2D eigenvalue weighted by atomic mass is 10.0. The Bertz CT molecular complexity index is 657. The van der Waals surface area contributed by atoms with E-state index in [1.54, 1.807) is 30.3 Å². The number of hydrogen-bond donors (Lipinski definition) is 2. The van der Waals surface area contributed by atoms with Crippen molar-refractivity contribution in [3.63, 3.8) is 0 Å². The molecular formula is C43H81NO2. The van der Waals surface area contributed by atoms with Crippen LogP contribution in [0.4, 0.5) is 0 Å². The fourth-order valence-corrected chi connectivity index (χ4v) is 6.30. The largest absolute Gasteiger partial charge is 0.478 e. The molecule has 2 N–H and O–H groups in total. The lowest BCUT2D eigenvalue weighted by Crippen LogP contribution is -2.16. The van der Waals surface area contributed by atoms with Gasteiger partial charge in [0.1, 0.15) is 0 Å². The van der Waals surface area contributed by atoms with Crippen LogP contribution in [0.3, 0.4) is 0 Å². The molecule has 1 aromatic carbocycles. The highest BCUT2D eigenvalue weighted by Crippen LogP contribution is 2.15. The lowest BCUT2D eigenvalue weighted by molar-refractivity contribution is 0.0697. The fourth-order valence-electron chi connectivity index (χ4n) is 6.30. The first-order chi connectivity index (χ1) is 22.7. The maximum absolute atomic E-state index is 10.2. The number of unbranched alkanes of at least 4 members (excludes halogenated alkanes) is 30. The van der Waals surface area contributed by atoms with Crippen LogP contribution in [-0.4, -0.2) is 24.2 Å². The highest BCUT2D eigenvalue weighted by atomic mass is 16.4. The van der Waals surface area contributed by atoms with Gasteiger partial charge in [-0.2, -0.15) is 0 Å². The smallest absolute Gasteiger partial charge is 0.335 e. The average molecular weight is 644 g/mol. The monoisotopic (exact) mass is 644 g/mol. The lowest BCUT2D eigenvalue weighted by Gasteiger charge is -2.06. The van der Waals surface area contributed by atoms with Gasteiger partial charge in [-0.15, -0.1) is 0 Å².